The summed E-state index contributed by atoms with van der Waals surface area (Å²) in [5.74, 6) is 0. The van der Waals surface area contributed by atoms with E-state index >= 15 is 0 Å². The minimum absolute atomic E-state index is 0.385. The van der Waals surface area contributed by atoms with Crippen LogP contribution in [-0.2, 0) is 11.3 Å². The van der Waals surface area contributed by atoms with E-state index in [2.05, 4.69) is 12.1 Å². The fraction of sp³-hybridized carbons (Fsp3) is 0.455. The Morgan fingerprint density at radius 1 is 1.50 bits per heavy atom. The Morgan fingerprint density at radius 3 is 3.00 bits per heavy atom. The highest BCUT2D eigenvalue weighted by molar-refractivity contribution is 5.47. The summed E-state index contributed by atoms with van der Waals surface area (Å²) in [7, 11) is 3.67. The molecule has 2 N–H and O–H groups in total. The van der Waals surface area contributed by atoms with Crippen LogP contribution in [0.15, 0.2) is 18.2 Å². The smallest absolute Gasteiger partial charge is 0.0604 e. The van der Waals surface area contributed by atoms with Crippen LogP contribution in [0, 0.1) is 0 Å². The fourth-order valence-corrected chi connectivity index (χ4v) is 2.12. The van der Waals surface area contributed by atoms with E-state index in [1.54, 1.807) is 7.11 Å². The minimum atomic E-state index is 0.385. The normalized spacial score (nSPS) is 20.1. The quantitative estimate of drug-likeness (QED) is 0.573. The van der Waals surface area contributed by atoms with Crippen molar-refractivity contribution in [3.63, 3.8) is 0 Å². The number of nitrogen functional groups attached to an aromatic ring is 1. The van der Waals surface area contributed by atoms with Crippen molar-refractivity contribution in [2.75, 3.05) is 19.9 Å². The van der Waals surface area contributed by atoms with Crippen LogP contribution in [0.2, 0.25) is 0 Å². The summed E-state index contributed by atoms with van der Waals surface area (Å²) in [6.45, 7) is 0. The second kappa shape index (κ2) is 3.59. The van der Waals surface area contributed by atoms with Gasteiger partial charge in [0.25, 0.3) is 0 Å². The third-order valence-electron chi connectivity index (χ3n) is 2.94. The zero-order valence-electron chi connectivity index (χ0n) is 8.66. The highest BCUT2D eigenvalue weighted by atomic mass is 16.7. The standard InChI is InChI=1S/C11H16N2O/c1-13(14-2)11-6-3-8-7-9(12)4-5-10(8)11/h4-5,7,11H,3,6,12H2,1-2H3. The Labute approximate surface area is 84.4 Å². The summed E-state index contributed by atoms with van der Waals surface area (Å²) in [4.78, 5) is 5.22. The molecule has 1 aliphatic carbocycles. The van der Waals surface area contributed by atoms with Crippen molar-refractivity contribution in [2.45, 2.75) is 18.9 Å². The van der Waals surface area contributed by atoms with Gasteiger partial charge in [-0.25, -0.2) is 0 Å². The van der Waals surface area contributed by atoms with E-state index in [0.29, 0.717) is 6.04 Å². The first-order valence-corrected chi connectivity index (χ1v) is 4.87. The third-order valence-corrected chi connectivity index (χ3v) is 2.94. The highest BCUT2D eigenvalue weighted by Gasteiger charge is 2.25. The van der Waals surface area contributed by atoms with Crippen LogP contribution in [0.5, 0.6) is 0 Å². The maximum absolute atomic E-state index is 5.74. The lowest BCUT2D eigenvalue weighted by molar-refractivity contribution is -0.142. The molecule has 0 spiro atoms. The summed E-state index contributed by atoms with van der Waals surface area (Å²) in [5.41, 5.74) is 9.30. The van der Waals surface area contributed by atoms with Gasteiger partial charge in [-0.05, 0) is 36.1 Å². The Morgan fingerprint density at radius 2 is 2.29 bits per heavy atom. The average Bonchev–Trinajstić information content (AvgIpc) is 2.59. The Balaban J connectivity index is 2.31. The molecule has 3 heteroatoms. The fourth-order valence-electron chi connectivity index (χ4n) is 2.12. The van der Waals surface area contributed by atoms with Crippen molar-refractivity contribution < 1.29 is 4.84 Å². The molecule has 0 aliphatic heterocycles. The maximum Gasteiger partial charge on any atom is 0.0604 e. The molecule has 0 amide bonds. The van der Waals surface area contributed by atoms with E-state index < -0.39 is 0 Å². The van der Waals surface area contributed by atoms with E-state index in [4.69, 9.17) is 10.6 Å². The van der Waals surface area contributed by atoms with Gasteiger partial charge in [0, 0.05) is 12.7 Å². The van der Waals surface area contributed by atoms with Crippen LogP contribution in [0.4, 0.5) is 5.69 Å². The van der Waals surface area contributed by atoms with Crippen LogP contribution < -0.4 is 5.73 Å². The number of anilines is 1. The van der Waals surface area contributed by atoms with Crippen LogP contribution in [0.1, 0.15) is 23.6 Å². The molecule has 76 valence electrons. The molecule has 1 aliphatic rings. The summed E-state index contributed by atoms with van der Waals surface area (Å²) >= 11 is 0. The molecular weight excluding hydrogens is 176 g/mol. The van der Waals surface area contributed by atoms with Gasteiger partial charge in [-0.2, -0.15) is 5.06 Å². The maximum atomic E-state index is 5.74. The third kappa shape index (κ3) is 1.49. The minimum Gasteiger partial charge on any atom is -0.399 e. The Hall–Kier alpha value is -1.06. The molecular formula is C11H16N2O. The summed E-state index contributed by atoms with van der Waals surface area (Å²) < 4.78 is 0. The molecule has 0 saturated heterocycles. The highest BCUT2D eigenvalue weighted by Crippen LogP contribution is 2.35. The largest absolute Gasteiger partial charge is 0.399 e. The molecule has 3 nitrogen and oxygen atoms in total. The summed E-state index contributed by atoms with van der Waals surface area (Å²) in [6, 6.07) is 6.52. The number of hydroxylamine groups is 2. The monoisotopic (exact) mass is 192 g/mol. The molecule has 1 aromatic rings. The van der Waals surface area contributed by atoms with Crippen LogP contribution in [0.25, 0.3) is 0 Å². The number of rotatable bonds is 2. The summed E-state index contributed by atoms with van der Waals surface area (Å²) in [6.07, 6.45) is 2.21. The number of nitrogens with zero attached hydrogens (tertiary/aromatic N) is 1. The van der Waals surface area contributed by atoms with Crippen LogP contribution >= 0.6 is 0 Å². The van der Waals surface area contributed by atoms with Crippen molar-refractivity contribution in [1.82, 2.24) is 5.06 Å². The van der Waals surface area contributed by atoms with Crippen molar-refractivity contribution in [3.8, 4) is 0 Å². The van der Waals surface area contributed by atoms with Gasteiger partial charge in [0.15, 0.2) is 0 Å². The van der Waals surface area contributed by atoms with Crippen LogP contribution in [0.3, 0.4) is 0 Å². The number of aryl methyl sites for hydroxylation is 1. The van der Waals surface area contributed by atoms with Gasteiger partial charge in [0.2, 0.25) is 0 Å². The molecule has 14 heavy (non-hydrogen) atoms. The van der Waals surface area contributed by atoms with Gasteiger partial charge in [0.05, 0.1) is 13.2 Å². The van der Waals surface area contributed by atoms with Gasteiger partial charge >= 0.3 is 0 Å². The molecule has 0 radical (unpaired) electrons. The molecule has 0 heterocycles. The SMILES string of the molecule is CON(C)C1CCc2cc(N)ccc21. The first-order valence-electron chi connectivity index (χ1n) is 4.87. The second-order valence-electron chi connectivity index (χ2n) is 3.74. The van der Waals surface area contributed by atoms with Gasteiger partial charge < -0.3 is 10.6 Å². The van der Waals surface area contributed by atoms with Gasteiger partial charge in [0.1, 0.15) is 0 Å². The lowest BCUT2D eigenvalue weighted by Gasteiger charge is -2.22. The number of benzene rings is 1. The van der Waals surface area contributed by atoms with E-state index in [-0.39, 0.29) is 0 Å². The molecule has 0 bridgehead atoms. The lowest BCUT2D eigenvalue weighted by Crippen LogP contribution is -2.21. The topological polar surface area (TPSA) is 38.5 Å². The predicted octanol–water partition coefficient (Wildman–Crippen LogP) is 1.75. The van der Waals surface area contributed by atoms with E-state index in [9.17, 15) is 0 Å². The number of nitrogens with two attached hydrogens (primary N) is 1. The van der Waals surface area contributed by atoms with Crippen LogP contribution in [-0.4, -0.2) is 19.2 Å². The summed E-state index contributed by atoms with van der Waals surface area (Å²) in [5, 5.41) is 1.90. The molecule has 0 aromatic heterocycles. The van der Waals surface area contributed by atoms with Crippen molar-refractivity contribution in [2.24, 2.45) is 0 Å². The molecule has 2 rings (SSSR count). The number of hydrogen-bond acceptors (Lipinski definition) is 3. The van der Waals surface area contributed by atoms with Crippen molar-refractivity contribution in [3.05, 3.63) is 29.3 Å². The zero-order valence-corrected chi connectivity index (χ0v) is 8.66. The van der Waals surface area contributed by atoms with Gasteiger partial charge in [-0.1, -0.05) is 6.07 Å². The second-order valence-corrected chi connectivity index (χ2v) is 3.74. The van der Waals surface area contributed by atoms with E-state index in [1.165, 1.54) is 11.1 Å². The molecule has 0 saturated carbocycles. The number of hydrogen-bond donors (Lipinski definition) is 1. The molecule has 0 fully saturated rings. The Bertz CT molecular complexity index is 338. The predicted molar refractivity (Wildman–Crippen MR) is 56.7 cm³/mol. The van der Waals surface area contributed by atoms with Gasteiger partial charge in [-0.15, -0.1) is 0 Å². The molecule has 1 aromatic carbocycles. The molecule has 1 atom stereocenters. The van der Waals surface area contributed by atoms with Gasteiger partial charge in [-0.3, -0.25) is 0 Å². The first-order chi connectivity index (χ1) is 6.72. The first kappa shape index (κ1) is 9.49. The number of fused-ring (bicyclic) bond motifs is 1. The lowest BCUT2D eigenvalue weighted by atomic mass is 10.1. The van der Waals surface area contributed by atoms with E-state index in [1.807, 2.05) is 18.2 Å². The zero-order chi connectivity index (χ0) is 10.1. The average molecular weight is 192 g/mol. The Kier molecular flexibility index (Phi) is 2.44. The van der Waals surface area contributed by atoms with Crippen molar-refractivity contribution >= 4 is 5.69 Å². The van der Waals surface area contributed by atoms with E-state index in [0.717, 1.165) is 18.5 Å². The van der Waals surface area contributed by atoms with Crippen molar-refractivity contribution in [1.29, 1.82) is 0 Å². The molecule has 1 unspecified atom stereocenters.